The fourth-order valence-corrected chi connectivity index (χ4v) is 2.48. The molecule has 8 nitrogen and oxygen atoms in total. The Kier molecular flexibility index (Phi) is 7.22. The summed E-state index contributed by atoms with van der Waals surface area (Å²) in [7, 11) is 0. The summed E-state index contributed by atoms with van der Waals surface area (Å²) in [6, 6.07) is 10.5. The van der Waals surface area contributed by atoms with Crippen molar-refractivity contribution in [1.29, 1.82) is 0 Å². The number of amides is 2. The van der Waals surface area contributed by atoms with Gasteiger partial charge in [-0.3, -0.25) is 14.4 Å². The van der Waals surface area contributed by atoms with E-state index in [1.165, 1.54) is 6.92 Å². The molecule has 2 aromatic rings. The number of nitrogens with one attached hydrogen (secondary N) is 2. The normalized spacial score (nSPS) is 11.5. The highest BCUT2D eigenvalue weighted by Crippen LogP contribution is 2.10. The SMILES string of the molecule is Cc1cc(NC(=O)CSCC(=O)O[C@H](C)C(=O)Nc2ccccc2)no1. The van der Waals surface area contributed by atoms with E-state index >= 15 is 0 Å². The van der Waals surface area contributed by atoms with Gasteiger partial charge >= 0.3 is 5.97 Å². The molecule has 2 N–H and O–H groups in total. The second kappa shape index (κ2) is 9.62. The number of esters is 1. The van der Waals surface area contributed by atoms with Crippen molar-refractivity contribution >= 4 is 41.1 Å². The predicted octanol–water partition coefficient (Wildman–Crippen LogP) is 2.23. The van der Waals surface area contributed by atoms with Crippen LogP contribution in [0.2, 0.25) is 0 Å². The Morgan fingerprint density at radius 1 is 1.19 bits per heavy atom. The lowest BCUT2D eigenvalue weighted by Gasteiger charge is -2.13. The van der Waals surface area contributed by atoms with Gasteiger partial charge in [0.1, 0.15) is 5.76 Å². The van der Waals surface area contributed by atoms with Crippen molar-refractivity contribution in [2.75, 3.05) is 22.1 Å². The Morgan fingerprint density at radius 3 is 2.58 bits per heavy atom. The highest BCUT2D eigenvalue weighted by molar-refractivity contribution is 8.00. The number of carbonyl (C=O) groups excluding carboxylic acids is 3. The number of nitrogens with zero attached hydrogens (tertiary/aromatic N) is 1. The molecular weight excluding hydrogens is 358 g/mol. The lowest BCUT2D eigenvalue weighted by molar-refractivity contribution is -0.150. The molecule has 1 aromatic carbocycles. The lowest BCUT2D eigenvalue weighted by atomic mass is 10.3. The zero-order chi connectivity index (χ0) is 18.9. The topological polar surface area (TPSA) is 111 Å². The van der Waals surface area contributed by atoms with Gasteiger partial charge in [0, 0.05) is 11.8 Å². The van der Waals surface area contributed by atoms with Gasteiger partial charge in [0.05, 0.1) is 11.5 Å². The van der Waals surface area contributed by atoms with Crippen LogP contribution >= 0.6 is 11.8 Å². The fourth-order valence-electron chi connectivity index (χ4n) is 1.88. The minimum Gasteiger partial charge on any atom is -0.452 e. The second-order valence-corrected chi connectivity index (χ2v) is 6.34. The number of hydrogen-bond acceptors (Lipinski definition) is 7. The number of para-hydroxylation sites is 1. The van der Waals surface area contributed by atoms with E-state index in [1.54, 1.807) is 37.3 Å². The summed E-state index contributed by atoms with van der Waals surface area (Å²) in [6.45, 7) is 3.20. The monoisotopic (exact) mass is 377 g/mol. The first-order valence-electron chi connectivity index (χ1n) is 7.80. The molecule has 0 unspecified atom stereocenters. The zero-order valence-electron chi connectivity index (χ0n) is 14.4. The number of ether oxygens (including phenoxy) is 1. The average molecular weight is 377 g/mol. The summed E-state index contributed by atoms with van der Waals surface area (Å²) in [5.74, 6) is -0.406. The van der Waals surface area contributed by atoms with Gasteiger partial charge in [-0.1, -0.05) is 23.4 Å². The van der Waals surface area contributed by atoms with Crippen LogP contribution in [-0.2, 0) is 19.1 Å². The zero-order valence-corrected chi connectivity index (χ0v) is 15.2. The number of aromatic nitrogens is 1. The van der Waals surface area contributed by atoms with E-state index in [0.29, 0.717) is 17.3 Å². The van der Waals surface area contributed by atoms with Crippen LogP contribution in [0.3, 0.4) is 0 Å². The molecule has 2 rings (SSSR count). The number of rotatable bonds is 8. The summed E-state index contributed by atoms with van der Waals surface area (Å²) >= 11 is 1.08. The van der Waals surface area contributed by atoms with Gasteiger partial charge in [0.15, 0.2) is 11.9 Å². The molecular formula is C17H19N3O5S. The Morgan fingerprint density at radius 2 is 1.92 bits per heavy atom. The van der Waals surface area contributed by atoms with Crippen molar-refractivity contribution in [2.24, 2.45) is 0 Å². The van der Waals surface area contributed by atoms with Gasteiger partial charge in [-0.2, -0.15) is 0 Å². The highest BCUT2D eigenvalue weighted by Gasteiger charge is 2.18. The van der Waals surface area contributed by atoms with Gasteiger partial charge in [0.25, 0.3) is 5.91 Å². The van der Waals surface area contributed by atoms with E-state index in [1.807, 2.05) is 6.07 Å². The summed E-state index contributed by atoms with van der Waals surface area (Å²) in [5.41, 5.74) is 0.620. The number of anilines is 2. The minimum absolute atomic E-state index is 0.0472. The molecule has 0 saturated heterocycles. The molecule has 0 aliphatic rings. The van der Waals surface area contributed by atoms with Crippen LogP contribution in [0.5, 0.6) is 0 Å². The number of thioether (sulfide) groups is 1. The molecule has 2 amide bonds. The van der Waals surface area contributed by atoms with Crippen molar-refractivity contribution < 1.29 is 23.6 Å². The van der Waals surface area contributed by atoms with E-state index in [4.69, 9.17) is 9.26 Å². The third-order valence-electron chi connectivity index (χ3n) is 3.07. The minimum atomic E-state index is -0.935. The summed E-state index contributed by atoms with van der Waals surface area (Å²) in [5, 5.41) is 8.83. The molecule has 9 heteroatoms. The van der Waals surface area contributed by atoms with Crippen LogP contribution in [0.25, 0.3) is 0 Å². The van der Waals surface area contributed by atoms with Crippen LogP contribution in [-0.4, -0.2) is 40.6 Å². The van der Waals surface area contributed by atoms with Crippen molar-refractivity contribution in [3.05, 3.63) is 42.2 Å². The van der Waals surface area contributed by atoms with E-state index in [2.05, 4.69) is 15.8 Å². The summed E-state index contributed by atoms with van der Waals surface area (Å²) < 4.78 is 9.89. The quantitative estimate of drug-likeness (QED) is 0.679. The maximum atomic E-state index is 12.0. The fraction of sp³-hybridized carbons (Fsp3) is 0.294. The molecule has 0 saturated carbocycles. The standard InChI is InChI=1S/C17H19N3O5S/c1-11-8-14(20-25-11)19-15(21)9-26-10-16(22)24-12(2)17(23)18-13-6-4-3-5-7-13/h3-8,12H,9-10H2,1-2H3,(H,18,23)(H,19,20,21)/t12-/m1/s1. The van der Waals surface area contributed by atoms with Gasteiger partial charge in [-0.05, 0) is 26.0 Å². The van der Waals surface area contributed by atoms with Crippen LogP contribution < -0.4 is 10.6 Å². The van der Waals surface area contributed by atoms with Gasteiger partial charge in [-0.15, -0.1) is 11.8 Å². The second-order valence-electron chi connectivity index (χ2n) is 5.35. The molecule has 138 valence electrons. The smallest absolute Gasteiger partial charge is 0.316 e. The van der Waals surface area contributed by atoms with Gasteiger partial charge < -0.3 is 19.9 Å². The molecule has 0 radical (unpaired) electrons. The van der Waals surface area contributed by atoms with Crippen molar-refractivity contribution in [3.8, 4) is 0 Å². The van der Waals surface area contributed by atoms with Crippen molar-refractivity contribution in [2.45, 2.75) is 20.0 Å². The molecule has 0 bridgehead atoms. The van der Waals surface area contributed by atoms with E-state index in [0.717, 1.165) is 11.8 Å². The maximum Gasteiger partial charge on any atom is 0.316 e. The average Bonchev–Trinajstić information content (AvgIpc) is 3.00. The Bertz CT molecular complexity index is 763. The van der Waals surface area contributed by atoms with Gasteiger partial charge in [0.2, 0.25) is 5.91 Å². The Labute approximate surface area is 154 Å². The number of carbonyl (C=O) groups is 3. The molecule has 0 aliphatic carbocycles. The molecule has 0 aliphatic heterocycles. The molecule has 1 heterocycles. The van der Waals surface area contributed by atoms with Crippen LogP contribution in [0.4, 0.5) is 11.5 Å². The summed E-state index contributed by atoms with van der Waals surface area (Å²) in [4.78, 5) is 35.4. The van der Waals surface area contributed by atoms with Crippen LogP contribution in [0, 0.1) is 6.92 Å². The molecule has 0 spiro atoms. The van der Waals surface area contributed by atoms with Crippen LogP contribution in [0.1, 0.15) is 12.7 Å². The first kappa shape index (κ1) is 19.5. The van der Waals surface area contributed by atoms with Crippen molar-refractivity contribution in [3.63, 3.8) is 0 Å². The Hall–Kier alpha value is -2.81. The summed E-state index contributed by atoms with van der Waals surface area (Å²) in [6.07, 6.45) is -0.935. The van der Waals surface area contributed by atoms with E-state index in [-0.39, 0.29) is 17.4 Å². The first-order valence-corrected chi connectivity index (χ1v) is 8.96. The molecule has 0 fully saturated rings. The van der Waals surface area contributed by atoms with E-state index in [9.17, 15) is 14.4 Å². The number of hydrogen-bond donors (Lipinski definition) is 2. The third-order valence-corrected chi connectivity index (χ3v) is 3.97. The maximum absolute atomic E-state index is 12.0. The molecule has 1 atom stereocenters. The lowest BCUT2D eigenvalue weighted by Crippen LogP contribution is -2.30. The molecule has 26 heavy (non-hydrogen) atoms. The first-order chi connectivity index (χ1) is 12.4. The van der Waals surface area contributed by atoms with E-state index < -0.39 is 18.0 Å². The predicted molar refractivity (Wildman–Crippen MR) is 97.8 cm³/mol. The largest absolute Gasteiger partial charge is 0.452 e. The van der Waals surface area contributed by atoms with Gasteiger partial charge in [-0.25, -0.2) is 0 Å². The number of benzene rings is 1. The third kappa shape index (κ3) is 6.60. The van der Waals surface area contributed by atoms with Crippen molar-refractivity contribution in [1.82, 2.24) is 5.16 Å². The number of aryl methyl sites for hydroxylation is 1. The molecule has 1 aromatic heterocycles. The highest BCUT2D eigenvalue weighted by atomic mass is 32.2. The van der Waals surface area contributed by atoms with Crippen LogP contribution in [0.15, 0.2) is 40.9 Å². The Balaban J connectivity index is 1.66.